The van der Waals surface area contributed by atoms with E-state index in [4.69, 9.17) is 0 Å². The fourth-order valence-electron chi connectivity index (χ4n) is 4.08. The van der Waals surface area contributed by atoms with Gasteiger partial charge in [0.25, 0.3) is 0 Å². The van der Waals surface area contributed by atoms with Gasteiger partial charge < -0.3 is 0 Å². The molecular formula is C20H24N2OP+. The zero-order chi connectivity index (χ0) is 16.4. The smallest absolute Gasteiger partial charge is 0.0698 e. The maximum absolute atomic E-state index is 13.3. The summed E-state index contributed by atoms with van der Waals surface area (Å²) in [5.41, 5.74) is 2.51. The van der Waals surface area contributed by atoms with Crippen molar-refractivity contribution < 1.29 is 4.57 Å². The monoisotopic (exact) mass is 339 g/mol. The van der Waals surface area contributed by atoms with Gasteiger partial charge in [-0.3, -0.25) is 0 Å². The molecule has 1 heterocycles. The van der Waals surface area contributed by atoms with Crippen LogP contribution in [-0.4, -0.2) is 21.4 Å². The summed E-state index contributed by atoms with van der Waals surface area (Å²) < 4.78 is 17.8. The highest BCUT2D eigenvalue weighted by Crippen LogP contribution is 2.51. The molecule has 1 saturated heterocycles. The van der Waals surface area contributed by atoms with Gasteiger partial charge in [-0.15, -0.1) is 0 Å². The zero-order valence-corrected chi connectivity index (χ0v) is 14.8. The van der Waals surface area contributed by atoms with E-state index in [2.05, 4.69) is 57.9 Å². The Morgan fingerprint density at radius 2 is 1.17 bits per heavy atom. The molecule has 2 fully saturated rings. The zero-order valence-electron chi connectivity index (χ0n) is 13.9. The lowest BCUT2D eigenvalue weighted by molar-refractivity contribution is 0.197. The maximum atomic E-state index is 13.3. The van der Waals surface area contributed by atoms with Crippen LogP contribution in [0.25, 0.3) is 0 Å². The van der Waals surface area contributed by atoms with E-state index in [0.717, 1.165) is 13.1 Å². The third kappa shape index (κ3) is 3.17. The molecule has 124 valence electrons. The first-order valence-corrected chi connectivity index (χ1v) is 10.1. The minimum atomic E-state index is -1.47. The minimum Gasteiger partial charge on any atom is -0.0698 e. The second-order valence-electron chi connectivity index (χ2n) is 6.84. The van der Waals surface area contributed by atoms with E-state index < -0.39 is 8.10 Å². The molecule has 0 amide bonds. The Morgan fingerprint density at radius 3 is 1.58 bits per heavy atom. The summed E-state index contributed by atoms with van der Waals surface area (Å²) in [4.78, 5) is 0. The molecule has 1 saturated carbocycles. The van der Waals surface area contributed by atoms with Crippen molar-refractivity contribution in [3.8, 4) is 0 Å². The number of hydrogen-bond donors (Lipinski definition) is 0. The Kier molecular flexibility index (Phi) is 4.75. The summed E-state index contributed by atoms with van der Waals surface area (Å²) in [6.45, 7) is 1.59. The first-order chi connectivity index (χ1) is 11.8. The van der Waals surface area contributed by atoms with E-state index in [9.17, 15) is 4.57 Å². The molecular weight excluding hydrogens is 315 g/mol. The van der Waals surface area contributed by atoms with Gasteiger partial charge >= 0.3 is 8.10 Å². The molecule has 0 N–H and O–H groups in total. The second kappa shape index (κ2) is 7.14. The average molecular weight is 339 g/mol. The lowest BCUT2D eigenvalue weighted by atomic mass is 9.90. The average Bonchev–Trinajstić information content (AvgIpc) is 2.90. The summed E-state index contributed by atoms with van der Waals surface area (Å²) >= 11 is 0. The van der Waals surface area contributed by atoms with Gasteiger partial charge in [0.2, 0.25) is 0 Å². The van der Waals surface area contributed by atoms with Crippen LogP contribution in [0.5, 0.6) is 0 Å². The van der Waals surface area contributed by atoms with Crippen LogP contribution in [-0.2, 0) is 17.7 Å². The van der Waals surface area contributed by atoms with Crippen molar-refractivity contribution in [2.45, 2.75) is 50.9 Å². The first-order valence-electron chi connectivity index (χ1n) is 8.91. The highest BCUT2D eigenvalue weighted by Gasteiger charge is 2.57. The van der Waals surface area contributed by atoms with E-state index in [1.54, 1.807) is 0 Å². The Labute approximate surface area is 145 Å². The van der Waals surface area contributed by atoms with Crippen LogP contribution in [0.1, 0.15) is 36.8 Å². The number of nitrogens with zero attached hydrogens (tertiary/aromatic N) is 2. The lowest BCUT2D eigenvalue weighted by Gasteiger charge is -2.26. The van der Waals surface area contributed by atoms with Crippen molar-refractivity contribution in [2.24, 2.45) is 0 Å². The van der Waals surface area contributed by atoms with Crippen LogP contribution in [0, 0.1) is 0 Å². The molecule has 4 rings (SSSR count). The summed E-state index contributed by atoms with van der Waals surface area (Å²) in [6, 6.07) is 21.8. The predicted octanol–water partition coefficient (Wildman–Crippen LogP) is 4.97. The molecule has 4 heteroatoms. The van der Waals surface area contributed by atoms with Crippen molar-refractivity contribution >= 4 is 8.10 Å². The van der Waals surface area contributed by atoms with Gasteiger partial charge in [0, 0.05) is 0 Å². The minimum absolute atomic E-state index is 0.436. The molecule has 0 spiro atoms. The second-order valence-corrected chi connectivity index (χ2v) is 8.37. The summed E-state index contributed by atoms with van der Waals surface area (Å²) in [7, 11) is -1.47. The van der Waals surface area contributed by atoms with Crippen molar-refractivity contribution in [1.82, 2.24) is 9.34 Å². The molecule has 1 aliphatic carbocycles. The predicted molar refractivity (Wildman–Crippen MR) is 97.6 cm³/mol. The third-order valence-electron chi connectivity index (χ3n) is 5.27. The Bertz CT molecular complexity index is 632. The number of benzene rings is 2. The van der Waals surface area contributed by atoms with Gasteiger partial charge in [0.1, 0.15) is 0 Å². The van der Waals surface area contributed by atoms with Crippen LogP contribution < -0.4 is 0 Å². The van der Waals surface area contributed by atoms with E-state index >= 15 is 0 Å². The van der Waals surface area contributed by atoms with Crippen LogP contribution in [0.15, 0.2) is 60.7 Å². The molecule has 0 bridgehead atoms. The van der Waals surface area contributed by atoms with Crippen molar-refractivity contribution in [1.29, 1.82) is 0 Å². The fourth-order valence-corrected chi connectivity index (χ4v) is 5.99. The molecule has 2 aromatic rings. The lowest BCUT2D eigenvalue weighted by Crippen LogP contribution is -2.39. The van der Waals surface area contributed by atoms with Crippen molar-refractivity contribution in [3.05, 3.63) is 71.8 Å². The van der Waals surface area contributed by atoms with Gasteiger partial charge in [-0.05, 0) is 28.5 Å². The molecule has 2 aromatic carbocycles. The Balaban J connectivity index is 1.57. The standard InChI is InChI=1S/C20H24N2OP/c23-24-21(15-17-9-3-1-4-10-17)19-13-7-8-14-20(19)22(24)16-18-11-5-2-6-12-18/h1-6,9-12,19-20H,7-8,13-16H2/q+1/t19-,20-/m1/s1. The Morgan fingerprint density at radius 1 is 0.750 bits per heavy atom. The number of rotatable bonds is 4. The van der Waals surface area contributed by atoms with E-state index in [0.29, 0.717) is 12.1 Å². The Hall–Kier alpha value is -1.54. The van der Waals surface area contributed by atoms with Crippen LogP contribution in [0.3, 0.4) is 0 Å². The molecule has 0 radical (unpaired) electrons. The molecule has 1 aliphatic heterocycles. The maximum Gasteiger partial charge on any atom is 0.538 e. The molecule has 24 heavy (non-hydrogen) atoms. The first kappa shape index (κ1) is 16.0. The van der Waals surface area contributed by atoms with Gasteiger partial charge in [-0.25, -0.2) is 0 Å². The highest BCUT2D eigenvalue weighted by atomic mass is 31.1. The number of hydrogen-bond acceptors (Lipinski definition) is 1. The molecule has 2 atom stereocenters. The van der Waals surface area contributed by atoms with Crippen LogP contribution >= 0.6 is 8.10 Å². The van der Waals surface area contributed by atoms with E-state index in [-0.39, 0.29) is 0 Å². The van der Waals surface area contributed by atoms with Crippen molar-refractivity contribution in [3.63, 3.8) is 0 Å². The van der Waals surface area contributed by atoms with Crippen LogP contribution in [0.4, 0.5) is 0 Å². The van der Waals surface area contributed by atoms with Crippen LogP contribution in [0.2, 0.25) is 0 Å². The van der Waals surface area contributed by atoms with Gasteiger partial charge in [0.05, 0.1) is 25.2 Å². The highest BCUT2D eigenvalue weighted by molar-refractivity contribution is 7.39. The quantitative estimate of drug-likeness (QED) is 0.735. The largest absolute Gasteiger partial charge is 0.538 e. The SMILES string of the molecule is O=[P+]1N(Cc2ccccc2)[C@@H]2CCCC[C@H]2N1Cc1ccccc1. The van der Waals surface area contributed by atoms with Gasteiger partial charge in [-0.1, -0.05) is 82.8 Å². The van der Waals surface area contributed by atoms with E-state index in [1.165, 1.54) is 36.8 Å². The fraction of sp³-hybridized carbons (Fsp3) is 0.400. The number of fused-ring (bicyclic) bond motifs is 1. The molecule has 0 unspecified atom stereocenters. The third-order valence-corrected chi connectivity index (χ3v) is 7.03. The summed E-state index contributed by atoms with van der Waals surface area (Å²) in [6.07, 6.45) is 4.86. The normalized spacial score (nSPS) is 24.9. The molecule has 3 nitrogen and oxygen atoms in total. The summed E-state index contributed by atoms with van der Waals surface area (Å²) in [5, 5.41) is 0. The van der Waals surface area contributed by atoms with Gasteiger partial charge in [0.15, 0.2) is 0 Å². The summed E-state index contributed by atoms with van der Waals surface area (Å²) in [5.74, 6) is 0. The molecule has 2 aliphatic rings. The van der Waals surface area contributed by atoms with Crippen molar-refractivity contribution in [2.75, 3.05) is 0 Å². The topological polar surface area (TPSA) is 23.6 Å². The van der Waals surface area contributed by atoms with E-state index in [1.807, 2.05) is 12.1 Å². The van der Waals surface area contributed by atoms with Gasteiger partial charge in [-0.2, -0.15) is 0 Å². The molecule has 0 aromatic heterocycles.